The summed E-state index contributed by atoms with van der Waals surface area (Å²) in [7, 11) is -3.86. The normalized spacial score (nSPS) is 11.8. The Hall–Kier alpha value is -1.54. The van der Waals surface area contributed by atoms with E-state index in [1.54, 1.807) is 6.92 Å². The zero-order valence-corrected chi connectivity index (χ0v) is 12.8. The number of halogens is 1. The van der Waals surface area contributed by atoms with Crippen LogP contribution in [0.2, 0.25) is 0 Å². The van der Waals surface area contributed by atoms with E-state index in [9.17, 15) is 12.8 Å². The molecule has 2 rings (SSSR count). The van der Waals surface area contributed by atoms with Crippen LogP contribution in [0.5, 0.6) is 0 Å². The van der Waals surface area contributed by atoms with E-state index in [1.165, 1.54) is 23.5 Å². The summed E-state index contributed by atoms with van der Waals surface area (Å²) in [6.45, 7) is 5.48. The van der Waals surface area contributed by atoms with E-state index in [0.29, 0.717) is 5.56 Å². The Bertz CT molecular complexity index is 726. The van der Waals surface area contributed by atoms with Gasteiger partial charge in [0.05, 0.1) is 4.90 Å². The predicted molar refractivity (Wildman–Crippen MR) is 75.9 cm³/mol. The van der Waals surface area contributed by atoms with Crippen molar-refractivity contribution in [2.45, 2.75) is 31.6 Å². The lowest BCUT2D eigenvalue weighted by atomic mass is 10.2. The number of hydrogen-bond acceptors (Lipinski definition) is 5. The van der Waals surface area contributed by atoms with Crippen LogP contribution in [0.1, 0.15) is 30.3 Å². The van der Waals surface area contributed by atoms with Crippen molar-refractivity contribution in [1.82, 2.24) is 10.2 Å². The molecule has 0 atom stereocenters. The number of nitrogens with zero attached hydrogens (tertiary/aromatic N) is 2. The fraction of sp³-hybridized carbons (Fsp3) is 0.333. The molecule has 0 aliphatic rings. The van der Waals surface area contributed by atoms with E-state index in [0.717, 1.165) is 11.1 Å². The van der Waals surface area contributed by atoms with Gasteiger partial charge in [-0.05, 0) is 24.6 Å². The summed E-state index contributed by atoms with van der Waals surface area (Å²) < 4.78 is 40.0. The number of benzene rings is 1. The van der Waals surface area contributed by atoms with Crippen LogP contribution in [0.15, 0.2) is 23.1 Å². The summed E-state index contributed by atoms with van der Waals surface area (Å²) >= 11 is 1.17. The zero-order chi connectivity index (χ0) is 14.9. The van der Waals surface area contributed by atoms with Gasteiger partial charge < -0.3 is 0 Å². The van der Waals surface area contributed by atoms with Gasteiger partial charge in [-0.1, -0.05) is 31.3 Å². The quantitative estimate of drug-likeness (QED) is 0.941. The third-order valence-electron chi connectivity index (χ3n) is 2.60. The summed E-state index contributed by atoms with van der Waals surface area (Å²) in [5.41, 5.74) is 0.465. The van der Waals surface area contributed by atoms with Crippen molar-refractivity contribution in [3.63, 3.8) is 0 Å². The van der Waals surface area contributed by atoms with E-state index in [4.69, 9.17) is 0 Å². The minimum atomic E-state index is -3.86. The Labute approximate surface area is 120 Å². The summed E-state index contributed by atoms with van der Waals surface area (Å²) in [5, 5.41) is 8.60. The van der Waals surface area contributed by atoms with Gasteiger partial charge in [-0.25, -0.2) is 12.8 Å². The van der Waals surface area contributed by atoms with Crippen LogP contribution in [0.4, 0.5) is 9.52 Å². The van der Waals surface area contributed by atoms with Crippen molar-refractivity contribution in [3.8, 4) is 0 Å². The van der Waals surface area contributed by atoms with Gasteiger partial charge >= 0.3 is 0 Å². The lowest BCUT2D eigenvalue weighted by molar-refractivity contribution is 0.594. The van der Waals surface area contributed by atoms with Gasteiger partial charge in [0.15, 0.2) is 0 Å². The third-order valence-corrected chi connectivity index (χ3v) is 5.35. The highest BCUT2D eigenvalue weighted by Gasteiger charge is 2.20. The maximum atomic E-state index is 13.2. The number of rotatable bonds is 4. The average Bonchev–Trinajstić information content (AvgIpc) is 2.80. The Morgan fingerprint density at radius 1 is 1.30 bits per heavy atom. The molecule has 0 spiro atoms. The smallest absolute Gasteiger partial charge is 0.253 e. The molecule has 0 radical (unpaired) electrons. The molecule has 1 N–H and O–H groups in total. The molecule has 0 saturated carbocycles. The Morgan fingerprint density at radius 2 is 2.00 bits per heavy atom. The number of aryl methyl sites for hydroxylation is 1. The van der Waals surface area contributed by atoms with Crippen molar-refractivity contribution >= 4 is 26.5 Å². The van der Waals surface area contributed by atoms with Crippen LogP contribution in [0, 0.1) is 12.7 Å². The summed E-state index contributed by atoms with van der Waals surface area (Å²) in [4.78, 5) is -0.0983. The van der Waals surface area contributed by atoms with Crippen molar-refractivity contribution in [2.24, 2.45) is 0 Å². The second-order valence-corrected chi connectivity index (χ2v) is 7.28. The first-order valence-electron chi connectivity index (χ1n) is 5.92. The molecule has 0 bridgehead atoms. The maximum absolute atomic E-state index is 13.2. The second kappa shape index (κ2) is 5.45. The number of sulfonamides is 1. The van der Waals surface area contributed by atoms with E-state index >= 15 is 0 Å². The monoisotopic (exact) mass is 315 g/mol. The van der Waals surface area contributed by atoms with Crippen LogP contribution in [-0.2, 0) is 10.0 Å². The predicted octanol–water partition coefficient (Wildman–Crippen LogP) is 2.91. The van der Waals surface area contributed by atoms with Gasteiger partial charge in [-0.15, -0.1) is 10.2 Å². The highest BCUT2D eigenvalue weighted by Crippen LogP contribution is 2.25. The fourth-order valence-electron chi connectivity index (χ4n) is 1.54. The topological polar surface area (TPSA) is 72.0 Å². The molecule has 0 fully saturated rings. The molecule has 8 heteroatoms. The molecular weight excluding hydrogens is 301 g/mol. The highest BCUT2D eigenvalue weighted by molar-refractivity contribution is 7.93. The first-order chi connectivity index (χ1) is 9.29. The van der Waals surface area contributed by atoms with E-state index in [2.05, 4.69) is 14.9 Å². The van der Waals surface area contributed by atoms with Crippen LogP contribution in [0.3, 0.4) is 0 Å². The summed E-state index contributed by atoms with van der Waals surface area (Å²) in [5.74, 6) is -0.433. The van der Waals surface area contributed by atoms with E-state index in [-0.39, 0.29) is 15.9 Å². The van der Waals surface area contributed by atoms with Gasteiger partial charge in [0.2, 0.25) is 5.13 Å². The second-order valence-electron chi connectivity index (χ2n) is 4.62. The standard InChI is InChI=1S/C12H14FN3O2S2/c1-7(2)11-14-15-12(19-11)16-20(17,18)10-6-9(13)5-4-8(10)3/h4-7H,1-3H3,(H,15,16). The van der Waals surface area contributed by atoms with Crippen molar-refractivity contribution in [1.29, 1.82) is 0 Å². The fourth-order valence-corrected chi connectivity index (χ4v) is 3.78. The minimum absolute atomic E-state index is 0.0983. The van der Waals surface area contributed by atoms with Crippen LogP contribution < -0.4 is 4.72 Å². The summed E-state index contributed by atoms with van der Waals surface area (Å²) in [6.07, 6.45) is 0. The van der Waals surface area contributed by atoms with Crippen LogP contribution in [0.25, 0.3) is 0 Å². The summed E-state index contributed by atoms with van der Waals surface area (Å²) in [6, 6.07) is 3.63. The SMILES string of the molecule is Cc1ccc(F)cc1S(=O)(=O)Nc1nnc(C(C)C)s1. The lowest BCUT2D eigenvalue weighted by Gasteiger charge is -2.07. The van der Waals surface area contributed by atoms with Gasteiger partial charge in [-0.3, -0.25) is 4.72 Å². The largest absolute Gasteiger partial charge is 0.264 e. The number of aromatic nitrogens is 2. The molecule has 1 aromatic heterocycles. The third kappa shape index (κ3) is 3.13. The number of nitrogens with one attached hydrogen (secondary N) is 1. The molecule has 0 unspecified atom stereocenters. The molecule has 0 aliphatic heterocycles. The minimum Gasteiger partial charge on any atom is -0.253 e. The maximum Gasteiger partial charge on any atom is 0.264 e. The van der Waals surface area contributed by atoms with Crippen LogP contribution >= 0.6 is 11.3 Å². The van der Waals surface area contributed by atoms with Gasteiger partial charge in [0.25, 0.3) is 10.0 Å². The molecule has 0 amide bonds. The Kier molecular flexibility index (Phi) is 4.05. The molecule has 2 aromatic rings. The van der Waals surface area contributed by atoms with Gasteiger partial charge in [0.1, 0.15) is 10.8 Å². The Morgan fingerprint density at radius 3 is 2.60 bits per heavy atom. The first kappa shape index (κ1) is 14.9. The van der Waals surface area contributed by atoms with Crippen molar-refractivity contribution in [3.05, 3.63) is 34.6 Å². The number of anilines is 1. The van der Waals surface area contributed by atoms with Crippen LogP contribution in [-0.4, -0.2) is 18.6 Å². The van der Waals surface area contributed by atoms with Gasteiger partial charge in [-0.2, -0.15) is 0 Å². The molecule has 20 heavy (non-hydrogen) atoms. The number of hydrogen-bond donors (Lipinski definition) is 1. The molecule has 0 saturated heterocycles. The molecule has 5 nitrogen and oxygen atoms in total. The molecule has 1 heterocycles. The van der Waals surface area contributed by atoms with Crippen molar-refractivity contribution in [2.75, 3.05) is 4.72 Å². The first-order valence-corrected chi connectivity index (χ1v) is 8.22. The molecule has 0 aliphatic carbocycles. The zero-order valence-electron chi connectivity index (χ0n) is 11.2. The average molecular weight is 315 g/mol. The van der Waals surface area contributed by atoms with E-state index in [1.807, 2.05) is 13.8 Å². The molecule has 108 valence electrons. The lowest BCUT2D eigenvalue weighted by Crippen LogP contribution is -2.14. The van der Waals surface area contributed by atoms with Gasteiger partial charge in [0, 0.05) is 5.92 Å². The molecule has 1 aromatic carbocycles. The molecular formula is C12H14FN3O2S2. The van der Waals surface area contributed by atoms with Crippen molar-refractivity contribution < 1.29 is 12.8 Å². The Balaban J connectivity index is 2.33. The highest BCUT2D eigenvalue weighted by atomic mass is 32.2. The van der Waals surface area contributed by atoms with E-state index < -0.39 is 15.8 Å².